The quantitative estimate of drug-likeness (QED) is 0.609. The van der Waals surface area contributed by atoms with E-state index < -0.39 is 11.6 Å². The zero-order valence-electron chi connectivity index (χ0n) is 10.3. The fraction of sp³-hybridized carbons (Fsp3) is 0.500. The molecule has 1 aromatic carbocycles. The van der Waals surface area contributed by atoms with Gasteiger partial charge in [0.15, 0.2) is 0 Å². The van der Waals surface area contributed by atoms with Crippen molar-refractivity contribution in [2.75, 3.05) is 38.1 Å². The third-order valence-electron chi connectivity index (χ3n) is 3.26. The van der Waals surface area contributed by atoms with Gasteiger partial charge in [-0.25, -0.2) is 4.39 Å². The molecule has 0 bridgehead atoms. The van der Waals surface area contributed by atoms with Crippen molar-refractivity contribution in [3.05, 3.63) is 33.9 Å². The highest BCUT2D eigenvalue weighted by Gasteiger charge is 2.19. The zero-order chi connectivity index (χ0) is 13.1. The standard InChI is InChI=1S/C12H16FN3O2/c1-14-4-6-15(7-5-14)12-3-2-11(16(17)18)8-10(12)9-13/h2-3,8H,4-7,9H2,1H3. The number of non-ortho nitro benzene ring substituents is 1. The van der Waals surface area contributed by atoms with Crippen LogP contribution in [-0.4, -0.2) is 43.0 Å². The molecule has 0 radical (unpaired) electrons. The second-order valence-electron chi connectivity index (χ2n) is 4.49. The number of nitrogens with zero attached hydrogens (tertiary/aromatic N) is 3. The van der Waals surface area contributed by atoms with Crippen LogP contribution in [0.1, 0.15) is 5.56 Å². The van der Waals surface area contributed by atoms with E-state index in [1.165, 1.54) is 12.1 Å². The Kier molecular flexibility index (Phi) is 3.76. The number of hydrogen-bond donors (Lipinski definition) is 0. The Hall–Kier alpha value is -1.69. The lowest BCUT2D eigenvalue weighted by Gasteiger charge is -2.34. The highest BCUT2D eigenvalue weighted by molar-refractivity contribution is 5.58. The largest absolute Gasteiger partial charge is 0.369 e. The van der Waals surface area contributed by atoms with Crippen LogP contribution >= 0.6 is 0 Å². The second kappa shape index (κ2) is 5.30. The van der Waals surface area contributed by atoms with Crippen LogP contribution in [0.15, 0.2) is 18.2 Å². The summed E-state index contributed by atoms with van der Waals surface area (Å²) in [7, 11) is 2.04. The van der Waals surface area contributed by atoms with E-state index >= 15 is 0 Å². The van der Waals surface area contributed by atoms with Crippen LogP contribution in [0.25, 0.3) is 0 Å². The van der Waals surface area contributed by atoms with Crippen LogP contribution in [0, 0.1) is 10.1 Å². The van der Waals surface area contributed by atoms with E-state index in [0.717, 1.165) is 31.9 Å². The van der Waals surface area contributed by atoms with Gasteiger partial charge >= 0.3 is 0 Å². The van der Waals surface area contributed by atoms with Crippen molar-refractivity contribution in [3.8, 4) is 0 Å². The fourth-order valence-electron chi connectivity index (χ4n) is 2.15. The topological polar surface area (TPSA) is 49.6 Å². The lowest BCUT2D eigenvalue weighted by atomic mass is 10.1. The minimum Gasteiger partial charge on any atom is -0.369 e. The number of nitro benzene ring substituents is 1. The number of nitro groups is 1. The Morgan fingerprint density at radius 3 is 2.56 bits per heavy atom. The highest BCUT2D eigenvalue weighted by Crippen LogP contribution is 2.27. The molecule has 0 aromatic heterocycles. The summed E-state index contributed by atoms with van der Waals surface area (Å²) in [4.78, 5) is 14.5. The molecule has 0 amide bonds. The predicted octanol–water partition coefficient (Wildman–Crippen LogP) is 1.82. The maximum Gasteiger partial charge on any atom is 0.269 e. The van der Waals surface area contributed by atoms with E-state index in [1.54, 1.807) is 6.07 Å². The summed E-state index contributed by atoms with van der Waals surface area (Å²) in [5.41, 5.74) is 1.12. The maximum atomic E-state index is 13.0. The molecule has 0 spiro atoms. The van der Waals surface area contributed by atoms with Gasteiger partial charge in [-0.2, -0.15) is 0 Å². The molecule has 0 saturated carbocycles. The summed E-state index contributed by atoms with van der Waals surface area (Å²) in [6.45, 7) is 2.80. The van der Waals surface area contributed by atoms with Crippen molar-refractivity contribution in [2.24, 2.45) is 0 Å². The number of benzene rings is 1. The first-order valence-electron chi connectivity index (χ1n) is 5.88. The number of alkyl halides is 1. The van der Waals surface area contributed by atoms with E-state index in [2.05, 4.69) is 9.80 Å². The molecule has 6 heteroatoms. The summed E-state index contributed by atoms with van der Waals surface area (Å²) in [6.07, 6.45) is 0. The lowest BCUT2D eigenvalue weighted by Crippen LogP contribution is -2.44. The minimum atomic E-state index is -0.677. The maximum absolute atomic E-state index is 13.0. The molecule has 0 unspecified atom stereocenters. The molecule has 5 nitrogen and oxygen atoms in total. The first kappa shape index (κ1) is 12.8. The molecule has 98 valence electrons. The van der Waals surface area contributed by atoms with Gasteiger partial charge in [0.25, 0.3) is 5.69 Å². The van der Waals surface area contributed by atoms with Gasteiger partial charge in [-0.3, -0.25) is 10.1 Å². The summed E-state index contributed by atoms with van der Waals surface area (Å²) >= 11 is 0. The predicted molar refractivity (Wildman–Crippen MR) is 67.6 cm³/mol. The molecule has 0 atom stereocenters. The van der Waals surface area contributed by atoms with Crippen molar-refractivity contribution in [1.82, 2.24) is 4.90 Å². The van der Waals surface area contributed by atoms with E-state index in [4.69, 9.17) is 0 Å². The minimum absolute atomic E-state index is 0.0551. The molecule has 1 aliphatic rings. The Labute approximate surface area is 105 Å². The van der Waals surface area contributed by atoms with Gasteiger partial charge in [-0.15, -0.1) is 0 Å². The van der Waals surface area contributed by atoms with Gasteiger partial charge in [-0.1, -0.05) is 0 Å². The van der Waals surface area contributed by atoms with Gasteiger partial charge in [0.1, 0.15) is 6.67 Å². The number of anilines is 1. The van der Waals surface area contributed by atoms with Crippen LogP contribution < -0.4 is 4.90 Å². The van der Waals surface area contributed by atoms with Crippen LogP contribution in [-0.2, 0) is 6.67 Å². The van der Waals surface area contributed by atoms with Crippen molar-refractivity contribution in [2.45, 2.75) is 6.67 Å². The van der Waals surface area contributed by atoms with Gasteiger partial charge in [0.2, 0.25) is 0 Å². The first-order chi connectivity index (χ1) is 8.61. The average Bonchev–Trinajstić information content (AvgIpc) is 2.39. The Morgan fingerprint density at radius 2 is 2.00 bits per heavy atom. The monoisotopic (exact) mass is 253 g/mol. The van der Waals surface area contributed by atoms with Crippen molar-refractivity contribution in [1.29, 1.82) is 0 Å². The van der Waals surface area contributed by atoms with Gasteiger partial charge in [0, 0.05) is 49.6 Å². The van der Waals surface area contributed by atoms with E-state index in [9.17, 15) is 14.5 Å². The van der Waals surface area contributed by atoms with E-state index in [-0.39, 0.29) is 5.69 Å². The molecule has 1 aromatic rings. The number of likely N-dealkylation sites (N-methyl/N-ethyl adjacent to an activating group) is 1. The third-order valence-corrected chi connectivity index (χ3v) is 3.26. The first-order valence-corrected chi connectivity index (χ1v) is 5.88. The van der Waals surface area contributed by atoms with Crippen molar-refractivity contribution in [3.63, 3.8) is 0 Å². The molecule has 1 saturated heterocycles. The highest BCUT2D eigenvalue weighted by atomic mass is 19.1. The molecule has 0 N–H and O–H groups in total. The smallest absolute Gasteiger partial charge is 0.269 e. The lowest BCUT2D eigenvalue weighted by molar-refractivity contribution is -0.384. The molecular formula is C12H16FN3O2. The van der Waals surface area contributed by atoms with E-state index in [0.29, 0.717) is 5.56 Å². The number of piperazine rings is 1. The Bertz CT molecular complexity index is 445. The number of halogens is 1. The summed E-state index contributed by atoms with van der Waals surface area (Å²) < 4.78 is 13.0. The third kappa shape index (κ3) is 2.59. The SMILES string of the molecule is CN1CCN(c2ccc([N+](=O)[O-])cc2CF)CC1. The molecule has 0 aliphatic carbocycles. The van der Waals surface area contributed by atoms with Crippen LogP contribution in [0.5, 0.6) is 0 Å². The molecule has 1 fully saturated rings. The molecule has 2 rings (SSSR count). The van der Waals surface area contributed by atoms with Gasteiger partial charge < -0.3 is 9.80 Å². The summed E-state index contributed by atoms with van der Waals surface area (Å²) in [5.74, 6) is 0. The van der Waals surface area contributed by atoms with Crippen molar-refractivity contribution >= 4 is 11.4 Å². The summed E-state index contributed by atoms with van der Waals surface area (Å²) in [6, 6.07) is 4.42. The fourth-order valence-corrected chi connectivity index (χ4v) is 2.15. The average molecular weight is 253 g/mol. The van der Waals surface area contributed by atoms with Gasteiger partial charge in [0.05, 0.1) is 4.92 Å². The molecule has 1 aliphatic heterocycles. The van der Waals surface area contributed by atoms with Crippen molar-refractivity contribution < 1.29 is 9.31 Å². The Balaban J connectivity index is 2.24. The zero-order valence-corrected chi connectivity index (χ0v) is 10.3. The summed E-state index contributed by atoms with van der Waals surface area (Å²) in [5, 5.41) is 10.7. The molecule has 18 heavy (non-hydrogen) atoms. The van der Waals surface area contributed by atoms with Crippen LogP contribution in [0.2, 0.25) is 0 Å². The van der Waals surface area contributed by atoms with E-state index in [1.807, 2.05) is 7.05 Å². The van der Waals surface area contributed by atoms with Crippen LogP contribution in [0.3, 0.4) is 0 Å². The second-order valence-corrected chi connectivity index (χ2v) is 4.49. The van der Waals surface area contributed by atoms with Gasteiger partial charge in [-0.05, 0) is 13.1 Å². The Morgan fingerprint density at radius 1 is 1.33 bits per heavy atom. The number of rotatable bonds is 3. The number of hydrogen-bond acceptors (Lipinski definition) is 4. The molecular weight excluding hydrogens is 237 g/mol. The van der Waals surface area contributed by atoms with Crippen LogP contribution in [0.4, 0.5) is 15.8 Å². The molecule has 1 heterocycles. The normalized spacial score (nSPS) is 16.9.